The number of hydrogen-bond donors (Lipinski definition) is 1. The van der Waals surface area contributed by atoms with E-state index in [1.807, 2.05) is 0 Å². The molecule has 1 aromatic carbocycles. The second kappa shape index (κ2) is 7.86. The van der Waals surface area contributed by atoms with Crippen LogP contribution in [0.5, 0.6) is 0 Å². The number of rotatable bonds is 4. The molecule has 1 saturated carbocycles. The number of nitriles is 1. The summed E-state index contributed by atoms with van der Waals surface area (Å²) in [5.74, 6) is 0.397. The summed E-state index contributed by atoms with van der Waals surface area (Å²) in [4.78, 5) is 15.6. The minimum absolute atomic E-state index is 0.0504. The first-order chi connectivity index (χ1) is 13.6. The number of fused-ring (bicyclic) bond motifs is 1. The second-order valence-corrected chi connectivity index (χ2v) is 8.47. The fraction of sp³-hybridized carbons (Fsp3) is 0.286. The Labute approximate surface area is 171 Å². The lowest BCUT2D eigenvalue weighted by Crippen LogP contribution is -2.18. The number of halogens is 1. The molecule has 1 aromatic heterocycles. The standard InChI is InChI=1S/C21H17ClN2O3S/c22-17-9-12(5-7-15(17)21(25)26)18-8-6-13(27-18)11-24-20-16(10-23)14-3-1-2-4-19(14)28-20/h5-9,11,14,19H,1-4H2,(H,25,26)/b24-11-. The summed E-state index contributed by atoms with van der Waals surface area (Å²) in [6.07, 6.45) is 6.23. The Balaban J connectivity index is 1.54. The number of allylic oxidation sites excluding steroid dienone is 1. The molecule has 1 N–H and O–H groups in total. The van der Waals surface area contributed by atoms with Crippen LogP contribution in [-0.2, 0) is 0 Å². The highest BCUT2D eigenvalue weighted by Gasteiger charge is 2.37. The van der Waals surface area contributed by atoms with Gasteiger partial charge in [-0.1, -0.05) is 30.5 Å². The Morgan fingerprint density at radius 2 is 2.14 bits per heavy atom. The van der Waals surface area contributed by atoms with Crippen LogP contribution < -0.4 is 0 Å². The van der Waals surface area contributed by atoms with E-state index in [9.17, 15) is 10.1 Å². The topological polar surface area (TPSA) is 86.6 Å². The van der Waals surface area contributed by atoms with Gasteiger partial charge in [0.15, 0.2) is 0 Å². The molecule has 1 aliphatic heterocycles. The maximum absolute atomic E-state index is 11.1. The van der Waals surface area contributed by atoms with Gasteiger partial charge < -0.3 is 9.52 Å². The van der Waals surface area contributed by atoms with Crippen molar-refractivity contribution < 1.29 is 14.3 Å². The Kier molecular flexibility index (Phi) is 5.29. The van der Waals surface area contributed by atoms with Crippen molar-refractivity contribution in [2.24, 2.45) is 10.9 Å². The molecule has 2 aromatic rings. The van der Waals surface area contributed by atoms with Crippen LogP contribution in [0.15, 0.2) is 50.3 Å². The molecule has 2 heterocycles. The summed E-state index contributed by atoms with van der Waals surface area (Å²) in [6.45, 7) is 0. The number of nitrogens with zero attached hydrogens (tertiary/aromatic N) is 2. The number of aromatic carboxylic acids is 1. The van der Waals surface area contributed by atoms with Gasteiger partial charge in [0.1, 0.15) is 16.5 Å². The fourth-order valence-electron chi connectivity index (χ4n) is 3.71. The van der Waals surface area contributed by atoms with Gasteiger partial charge in [-0.3, -0.25) is 0 Å². The molecule has 0 radical (unpaired) electrons. The molecule has 0 saturated heterocycles. The largest absolute Gasteiger partial charge is 0.478 e. The van der Waals surface area contributed by atoms with Gasteiger partial charge in [0, 0.05) is 16.7 Å². The summed E-state index contributed by atoms with van der Waals surface area (Å²) in [5, 5.41) is 20.0. The number of furan rings is 1. The molecule has 0 amide bonds. The van der Waals surface area contributed by atoms with Crippen LogP contribution in [0.2, 0.25) is 5.02 Å². The van der Waals surface area contributed by atoms with Crippen LogP contribution in [0, 0.1) is 17.2 Å². The molecule has 2 atom stereocenters. The SMILES string of the molecule is N#CC1=C(/N=C\c2ccc(-c3ccc(C(=O)O)c(Cl)c3)o2)SC2CCCCC12. The fourth-order valence-corrected chi connectivity index (χ4v) is 5.41. The normalized spacial score (nSPS) is 21.7. The Bertz CT molecular complexity index is 1030. The van der Waals surface area contributed by atoms with E-state index in [1.54, 1.807) is 42.2 Å². The number of carboxylic acid groups (broad SMARTS) is 1. The Hall–Kier alpha value is -2.49. The first-order valence-corrected chi connectivity index (χ1v) is 10.3. The van der Waals surface area contributed by atoms with Gasteiger partial charge in [-0.2, -0.15) is 5.26 Å². The van der Waals surface area contributed by atoms with Gasteiger partial charge in [-0.25, -0.2) is 9.79 Å². The van der Waals surface area contributed by atoms with Crippen LogP contribution in [0.1, 0.15) is 41.8 Å². The predicted octanol–water partition coefficient (Wildman–Crippen LogP) is 5.76. The van der Waals surface area contributed by atoms with Gasteiger partial charge >= 0.3 is 5.97 Å². The van der Waals surface area contributed by atoms with E-state index in [2.05, 4.69) is 11.1 Å². The maximum Gasteiger partial charge on any atom is 0.337 e. The lowest BCUT2D eigenvalue weighted by atomic mass is 9.84. The highest BCUT2D eigenvalue weighted by atomic mass is 35.5. The average molecular weight is 413 g/mol. The number of benzene rings is 1. The zero-order valence-electron chi connectivity index (χ0n) is 14.9. The highest BCUT2D eigenvalue weighted by Crippen LogP contribution is 2.49. The number of carboxylic acids is 1. The zero-order chi connectivity index (χ0) is 19.7. The molecule has 0 bridgehead atoms. The highest BCUT2D eigenvalue weighted by molar-refractivity contribution is 8.04. The predicted molar refractivity (Wildman–Crippen MR) is 110 cm³/mol. The number of carbonyl (C=O) groups is 1. The molecule has 2 aliphatic rings. The van der Waals surface area contributed by atoms with Crippen molar-refractivity contribution in [3.8, 4) is 17.4 Å². The smallest absolute Gasteiger partial charge is 0.337 e. The third kappa shape index (κ3) is 3.60. The second-order valence-electron chi connectivity index (χ2n) is 6.84. The van der Waals surface area contributed by atoms with E-state index in [0.717, 1.165) is 23.4 Å². The van der Waals surface area contributed by atoms with Gasteiger partial charge in [0.25, 0.3) is 0 Å². The molecule has 1 aliphatic carbocycles. The summed E-state index contributed by atoms with van der Waals surface area (Å²) in [5.41, 5.74) is 1.54. The molecule has 4 rings (SSSR count). The van der Waals surface area contributed by atoms with Crippen molar-refractivity contribution in [3.05, 3.63) is 57.3 Å². The van der Waals surface area contributed by atoms with E-state index < -0.39 is 5.97 Å². The van der Waals surface area contributed by atoms with Crippen LogP contribution in [0.3, 0.4) is 0 Å². The minimum Gasteiger partial charge on any atom is -0.478 e. The number of hydrogen-bond acceptors (Lipinski definition) is 5. The lowest BCUT2D eigenvalue weighted by molar-refractivity contribution is 0.0697. The van der Waals surface area contributed by atoms with Crippen LogP contribution >= 0.6 is 23.4 Å². The summed E-state index contributed by atoms with van der Waals surface area (Å²) < 4.78 is 5.80. The molecule has 28 heavy (non-hydrogen) atoms. The zero-order valence-corrected chi connectivity index (χ0v) is 16.5. The quantitative estimate of drug-likeness (QED) is 0.645. The van der Waals surface area contributed by atoms with E-state index in [0.29, 0.717) is 28.3 Å². The van der Waals surface area contributed by atoms with E-state index in [-0.39, 0.29) is 10.6 Å². The molecule has 7 heteroatoms. The average Bonchev–Trinajstić information content (AvgIpc) is 3.30. The van der Waals surface area contributed by atoms with Gasteiger partial charge in [-0.05, 0) is 37.1 Å². The molecular formula is C21H17ClN2O3S. The molecule has 0 spiro atoms. The molecule has 2 unspecified atom stereocenters. The van der Waals surface area contributed by atoms with E-state index in [1.165, 1.54) is 18.9 Å². The van der Waals surface area contributed by atoms with Gasteiger partial charge in [0.2, 0.25) is 0 Å². The Morgan fingerprint density at radius 1 is 1.32 bits per heavy atom. The van der Waals surface area contributed by atoms with Crippen molar-refractivity contribution >= 4 is 35.5 Å². The number of aliphatic imine (C=N–C) groups is 1. The van der Waals surface area contributed by atoms with Crippen molar-refractivity contribution in [1.29, 1.82) is 5.26 Å². The van der Waals surface area contributed by atoms with E-state index in [4.69, 9.17) is 21.1 Å². The van der Waals surface area contributed by atoms with Crippen LogP contribution in [0.4, 0.5) is 0 Å². The summed E-state index contributed by atoms with van der Waals surface area (Å²) in [7, 11) is 0. The van der Waals surface area contributed by atoms with Crippen molar-refractivity contribution in [2.75, 3.05) is 0 Å². The minimum atomic E-state index is -1.07. The molecule has 5 nitrogen and oxygen atoms in total. The lowest BCUT2D eigenvalue weighted by Gasteiger charge is -2.24. The van der Waals surface area contributed by atoms with Gasteiger partial charge in [-0.15, -0.1) is 11.8 Å². The van der Waals surface area contributed by atoms with Gasteiger partial charge in [0.05, 0.1) is 28.4 Å². The third-order valence-corrected chi connectivity index (χ3v) is 6.84. The first kappa shape index (κ1) is 18.9. The summed E-state index contributed by atoms with van der Waals surface area (Å²) in [6, 6.07) is 10.6. The molecule has 1 fully saturated rings. The maximum atomic E-state index is 11.1. The monoisotopic (exact) mass is 412 g/mol. The molecular weight excluding hydrogens is 396 g/mol. The van der Waals surface area contributed by atoms with Crippen molar-refractivity contribution in [1.82, 2.24) is 0 Å². The van der Waals surface area contributed by atoms with E-state index >= 15 is 0 Å². The third-order valence-electron chi connectivity index (χ3n) is 5.11. The number of thioether (sulfide) groups is 1. The van der Waals surface area contributed by atoms with Crippen molar-refractivity contribution in [3.63, 3.8) is 0 Å². The van der Waals surface area contributed by atoms with Crippen LogP contribution in [0.25, 0.3) is 11.3 Å². The first-order valence-electron chi connectivity index (χ1n) is 9.05. The molecule has 142 valence electrons. The van der Waals surface area contributed by atoms with Crippen molar-refractivity contribution in [2.45, 2.75) is 30.9 Å². The Morgan fingerprint density at radius 3 is 2.89 bits per heavy atom. The van der Waals surface area contributed by atoms with Crippen LogP contribution in [-0.4, -0.2) is 22.5 Å². The summed E-state index contributed by atoms with van der Waals surface area (Å²) >= 11 is 7.73.